The van der Waals surface area contributed by atoms with Crippen molar-refractivity contribution in [1.82, 2.24) is 10.6 Å². The van der Waals surface area contributed by atoms with Gasteiger partial charge in [-0.1, -0.05) is 51.1 Å². The Hall–Kier alpha value is -2.37. The first kappa shape index (κ1) is 18.7. The molecule has 4 N–H and O–H groups in total. The molecule has 126 valence electrons. The Balaban J connectivity index is 2.49. The summed E-state index contributed by atoms with van der Waals surface area (Å²) in [6.45, 7) is 5.65. The van der Waals surface area contributed by atoms with Crippen LogP contribution in [0.2, 0.25) is 0 Å². The second-order valence-electron chi connectivity index (χ2n) is 6.73. The van der Waals surface area contributed by atoms with Crippen molar-refractivity contribution >= 4 is 17.7 Å². The van der Waals surface area contributed by atoms with E-state index in [9.17, 15) is 14.4 Å². The molecule has 1 unspecified atom stereocenters. The fourth-order valence-electron chi connectivity index (χ4n) is 2.04. The van der Waals surface area contributed by atoms with Gasteiger partial charge in [-0.3, -0.25) is 14.4 Å². The molecule has 0 saturated carbocycles. The second-order valence-corrected chi connectivity index (χ2v) is 6.73. The van der Waals surface area contributed by atoms with E-state index in [1.165, 1.54) is 0 Å². The zero-order valence-electron chi connectivity index (χ0n) is 13.9. The molecule has 0 spiro atoms. The lowest BCUT2D eigenvalue weighted by Gasteiger charge is -2.18. The van der Waals surface area contributed by atoms with E-state index in [2.05, 4.69) is 10.6 Å². The Bertz CT molecular complexity index is 550. The first-order chi connectivity index (χ1) is 10.7. The molecular weight excluding hydrogens is 294 g/mol. The van der Waals surface area contributed by atoms with Crippen LogP contribution in [0.5, 0.6) is 0 Å². The van der Waals surface area contributed by atoms with Crippen LogP contribution < -0.4 is 16.4 Å². The number of hydrogen-bond acceptors (Lipinski definition) is 3. The van der Waals surface area contributed by atoms with Crippen LogP contribution in [-0.2, 0) is 20.8 Å². The minimum atomic E-state index is -0.801. The maximum absolute atomic E-state index is 11.9. The number of benzene rings is 1. The molecule has 3 amide bonds. The van der Waals surface area contributed by atoms with Crippen LogP contribution in [0.1, 0.15) is 32.8 Å². The molecular formula is C17H25N3O3. The minimum Gasteiger partial charge on any atom is -0.368 e. The molecule has 0 aliphatic rings. The van der Waals surface area contributed by atoms with Gasteiger partial charge in [0, 0.05) is 12.8 Å². The van der Waals surface area contributed by atoms with Crippen LogP contribution in [-0.4, -0.2) is 30.3 Å². The van der Waals surface area contributed by atoms with E-state index < -0.39 is 17.9 Å². The Morgan fingerprint density at radius 1 is 1.09 bits per heavy atom. The number of carbonyl (C=O) groups is 3. The van der Waals surface area contributed by atoms with Crippen molar-refractivity contribution in [2.75, 3.05) is 6.54 Å². The van der Waals surface area contributed by atoms with Crippen molar-refractivity contribution < 1.29 is 14.4 Å². The molecule has 1 rings (SSSR count). The third-order valence-corrected chi connectivity index (χ3v) is 3.10. The standard InChI is InChI=1S/C17H25N3O3/c1-17(2,3)10-14(21)19-11-15(22)20-13(16(18)23)9-12-7-5-4-6-8-12/h4-8,13H,9-11H2,1-3H3,(H2,18,23)(H,19,21)(H,20,22). The van der Waals surface area contributed by atoms with Gasteiger partial charge in [0.1, 0.15) is 6.04 Å². The maximum Gasteiger partial charge on any atom is 0.240 e. The lowest BCUT2D eigenvalue weighted by atomic mass is 9.92. The molecule has 1 aromatic carbocycles. The van der Waals surface area contributed by atoms with Gasteiger partial charge in [0.05, 0.1) is 6.54 Å². The average molecular weight is 319 g/mol. The highest BCUT2D eigenvalue weighted by Crippen LogP contribution is 2.17. The van der Waals surface area contributed by atoms with Gasteiger partial charge < -0.3 is 16.4 Å². The number of nitrogens with two attached hydrogens (primary N) is 1. The molecule has 0 saturated heterocycles. The zero-order chi connectivity index (χ0) is 17.5. The number of carbonyl (C=O) groups excluding carboxylic acids is 3. The largest absolute Gasteiger partial charge is 0.368 e. The first-order valence-electron chi connectivity index (χ1n) is 7.57. The van der Waals surface area contributed by atoms with Crippen LogP contribution in [0, 0.1) is 5.41 Å². The van der Waals surface area contributed by atoms with Crippen LogP contribution >= 0.6 is 0 Å². The average Bonchev–Trinajstić information content (AvgIpc) is 2.43. The number of primary amides is 1. The topological polar surface area (TPSA) is 101 Å². The van der Waals surface area contributed by atoms with Gasteiger partial charge in [0.15, 0.2) is 0 Å². The zero-order valence-corrected chi connectivity index (χ0v) is 13.9. The predicted octanol–water partition coefficient (Wildman–Crippen LogP) is 0.752. The maximum atomic E-state index is 11.9. The number of nitrogens with one attached hydrogen (secondary N) is 2. The minimum absolute atomic E-state index is 0.149. The van der Waals surface area contributed by atoms with E-state index in [0.717, 1.165) is 5.56 Å². The molecule has 0 fully saturated rings. The van der Waals surface area contributed by atoms with E-state index in [-0.39, 0.29) is 17.9 Å². The Labute approximate surface area is 136 Å². The number of rotatable bonds is 7. The van der Waals surface area contributed by atoms with Gasteiger partial charge in [-0.05, 0) is 11.0 Å². The molecule has 6 heteroatoms. The number of hydrogen-bond donors (Lipinski definition) is 3. The van der Waals surface area contributed by atoms with Crippen LogP contribution in [0.25, 0.3) is 0 Å². The van der Waals surface area contributed by atoms with Gasteiger partial charge in [-0.15, -0.1) is 0 Å². The summed E-state index contributed by atoms with van der Waals surface area (Å²) >= 11 is 0. The summed E-state index contributed by atoms with van der Waals surface area (Å²) in [5, 5.41) is 5.10. The smallest absolute Gasteiger partial charge is 0.240 e. The van der Waals surface area contributed by atoms with Crippen molar-refractivity contribution in [2.45, 2.75) is 39.7 Å². The van der Waals surface area contributed by atoms with Crippen LogP contribution in [0.15, 0.2) is 30.3 Å². The third-order valence-electron chi connectivity index (χ3n) is 3.10. The molecule has 6 nitrogen and oxygen atoms in total. The highest BCUT2D eigenvalue weighted by molar-refractivity contribution is 5.89. The Morgan fingerprint density at radius 2 is 1.70 bits per heavy atom. The first-order valence-corrected chi connectivity index (χ1v) is 7.57. The molecule has 0 heterocycles. The molecule has 0 bridgehead atoms. The van der Waals surface area contributed by atoms with Crippen molar-refractivity contribution in [2.24, 2.45) is 11.1 Å². The summed E-state index contributed by atoms with van der Waals surface area (Å²) in [4.78, 5) is 35.1. The van der Waals surface area contributed by atoms with Crippen molar-refractivity contribution in [3.8, 4) is 0 Å². The summed E-state index contributed by atoms with van der Waals surface area (Å²) < 4.78 is 0. The summed E-state index contributed by atoms with van der Waals surface area (Å²) in [5.74, 6) is -1.25. The predicted molar refractivity (Wildman–Crippen MR) is 88.4 cm³/mol. The van der Waals surface area contributed by atoms with Gasteiger partial charge in [-0.2, -0.15) is 0 Å². The summed E-state index contributed by atoms with van der Waals surface area (Å²) in [5.41, 5.74) is 6.08. The quantitative estimate of drug-likeness (QED) is 0.691. The van der Waals surface area contributed by atoms with E-state index in [4.69, 9.17) is 5.73 Å². The van der Waals surface area contributed by atoms with E-state index in [1.54, 1.807) is 0 Å². The fourth-order valence-corrected chi connectivity index (χ4v) is 2.04. The molecule has 0 radical (unpaired) electrons. The summed E-state index contributed by atoms with van der Waals surface area (Å²) in [7, 11) is 0. The van der Waals surface area contributed by atoms with Crippen LogP contribution in [0.4, 0.5) is 0 Å². The fraction of sp³-hybridized carbons (Fsp3) is 0.471. The number of amides is 3. The van der Waals surface area contributed by atoms with Crippen molar-refractivity contribution in [3.63, 3.8) is 0 Å². The molecule has 0 aliphatic heterocycles. The summed E-state index contributed by atoms with van der Waals surface area (Å²) in [6.07, 6.45) is 0.640. The highest BCUT2D eigenvalue weighted by Gasteiger charge is 2.20. The monoisotopic (exact) mass is 319 g/mol. The highest BCUT2D eigenvalue weighted by atomic mass is 16.2. The van der Waals surface area contributed by atoms with Gasteiger partial charge in [0.25, 0.3) is 0 Å². The molecule has 0 aliphatic carbocycles. The van der Waals surface area contributed by atoms with E-state index in [1.807, 2.05) is 51.1 Å². The third kappa shape index (κ3) is 7.99. The Morgan fingerprint density at radius 3 is 2.22 bits per heavy atom. The lowest BCUT2D eigenvalue weighted by molar-refractivity contribution is -0.129. The van der Waals surface area contributed by atoms with Crippen molar-refractivity contribution in [3.05, 3.63) is 35.9 Å². The Kier molecular flexibility index (Phi) is 6.75. The van der Waals surface area contributed by atoms with Gasteiger partial charge >= 0.3 is 0 Å². The SMILES string of the molecule is CC(C)(C)CC(=O)NCC(=O)NC(Cc1ccccc1)C(N)=O. The molecule has 1 aromatic rings. The van der Waals surface area contributed by atoms with Crippen LogP contribution in [0.3, 0.4) is 0 Å². The normalized spacial score (nSPS) is 12.3. The summed E-state index contributed by atoms with van der Waals surface area (Å²) in [6, 6.07) is 8.47. The van der Waals surface area contributed by atoms with Crippen molar-refractivity contribution in [1.29, 1.82) is 0 Å². The molecule has 0 aromatic heterocycles. The van der Waals surface area contributed by atoms with Gasteiger partial charge in [-0.25, -0.2) is 0 Å². The second kappa shape index (κ2) is 8.31. The van der Waals surface area contributed by atoms with E-state index in [0.29, 0.717) is 12.8 Å². The molecule has 23 heavy (non-hydrogen) atoms. The lowest BCUT2D eigenvalue weighted by Crippen LogP contribution is -2.49. The van der Waals surface area contributed by atoms with Gasteiger partial charge in [0.2, 0.25) is 17.7 Å². The molecule has 1 atom stereocenters. The van der Waals surface area contributed by atoms with E-state index >= 15 is 0 Å².